The fourth-order valence-electron chi connectivity index (χ4n) is 3.43. The van der Waals surface area contributed by atoms with Gasteiger partial charge in [-0.25, -0.2) is 18.2 Å². The zero-order valence-corrected chi connectivity index (χ0v) is 16.1. The fourth-order valence-corrected chi connectivity index (χ4v) is 3.43. The highest BCUT2D eigenvalue weighted by atomic mass is 19.1. The monoisotopic (exact) mass is 407 g/mol. The van der Waals surface area contributed by atoms with E-state index in [4.69, 9.17) is 0 Å². The van der Waals surface area contributed by atoms with E-state index in [0.717, 1.165) is 12.1 Å². The van der Waals surface area contributed by atoms with Crippen LogP contribution in [0.1, 0.15) is 25.0 Å². The number of nitriles is 1. The number of halogens is 3. The highest BCUT2D eigenvalue weighted by Crippen LogP contribution is 2.33. The van der Waals surface area contributed by atoms with Crippen LogP contribution in [0.3, 0.4) is 0 Å². The number of nitrogens with zero attached hydrogens (tertiary/aromatic N) is 3. The first-order chi connectivity index (χ1) is 14.2. The van der Waals surface area contributed by atoms with Crippen molar-refractivity contribution in [3.05, 3.63) is 83.4 Å². The molecule has 7 heteroatoms. The molecule has 2 heterocycles. The summed E-state index contributed by atoms with van der Waals surface area (Å²) in [4.78, 5) is 4.11. The summed E-state index contributed by atoms with van der Waals surface area (Å²) in [6.07, 6.45) is 3.00. The molecule has 0 atom stereocenters. The lowest BCUT2D eigenvalue weighted by Gasteiger charge is -2.18. The van der Waals surface area contributed by atoms with Gasteiger partial charge < -0.3 is 5.11 Å². The van der Waals surface area contributed by atoms with Crippen LogP contribution in [0.4, 0.5) is 13.2 Å². The van der Waals surface area contributed by atoms with Crippen molar-refractivity contribution in [2.24, 2.45) is 0 Å². The second kappa shape index (κ2) is 7.01. The third-order valence-electron chi connectivity index (χ3n) is 4.93. The average molecular weight is 407 g/mol. The summed E-state index contributed by atoms with van der Waals surface area (Å²) in [6.45, 7) is 2.95. The minimum Gasteiger partial charge on any atom is -0.386 e. The second-order valence-corrected chi connectivity index (χ2v) is 7.44. The summed E-state index contributed by atoms with van der Waals surface area (Å²) in [6, 6.07) is 11.1. The Hall–Kier alpha value is -3.63. The Morgan fingerprint density at radius 3 is 2.50 bits per heavy atom. The molecule has 1 N–H and O–H groups in total. The Kier molecular flexibility index (Phi) is 4.60. The lowest BCUT2D eigenvalue weighted by Crippen LogP contribution is -2.18. The number of fused-ring (bicyclic) bond motifs is 1. The van der Waals surface area contributed by atoms with Crippen molar-refractivity contribution in [1.82, 2.24) is 9.38 Å². The van der Waals surface area contributed by atoms with Gasteiger partial charge in [-0.1, -0.05) is 0 Å². The van der Waals surface area contributed by atoms with Crippen LogP contribution in [0.25, 0.3) is 28.0 Å². The van der Waals surface area contributed by atoms with Crippen LogP contribution in [0, 0.1) is 28.8 Å². The Morgan fingerprint density at radius 1 is 1.03 bits per heavy atom. The second-order valence-electron chi connectivity index (χ2n) is 7.44. The van der Waals surface area contributed by atoms with E-state index >= 15 is 0 Å². The van der Waals surface area contributed by atoms with E-state index in [1.54, 1.807) is 6.20 Å². The molecular weight excluding hydrogens is 391 g/mol. The molecule has 0 radical (unpaired) electrons. The topological polar surface area (TPSA) is 61.3 Å². The van der Waals surface area contributed by atoms with Crippen molar-refractivity contribution in [3.8, 4) is 28.5 Å². The molecule has 0 bridgehead atoms. The number of aromatic nitrogens is 2. The van der Waals surface area contributed by atoms with Crippen LogP contribution >= 0.6 is 0 Å². The smallest absolute Gasteiger partial charge is 0.174 e. The summed E-state index contributed by atoms with van der Waals surface area (Å²) < 4.78 is 44.7. The summed E-state index contributed by atoms with van der Waals surface area (Å²) in [5, 5.41) is 19.4. The molecule has 0 aliphatic carbocycles. The summed E-state index contributed by atoms with van der Waals surface area (Å²) >= 11 is 0. The van der Waals surface area contributed by atoms with Gasteiger partial charge in [-0.2, -0.15) is 5.26 Å². The molecule has 4 aromatic rings. The van der Waals surface area contributed by atoms with Gasteiger partial charge in [-0.3, -0.25) is 4.40 Å². The largest absolute Gasteiger partial charge is 0.386 e. The Labute approximate surface area is 170 Å². The van der Waals surface area contributed by atoms with Crippen LogP contribution in [0.15, 0.2) is 54.9 Å². The number of imidazole rings is 1. The first-order valence-electron chi connectivity index (χ1n) is 9.09. The van der Waals surface area contributed by atoms with Gasteiger partial charge in [-0.15, -0.1) is 0 Å². The molecule has 150 valence electrons. The van der Waals surface area contributed by atoms with Gasteiger partial charge >= 0.3 is 0 Å². The SMILES string of the molecule is CC(C)(O)c1ccn2c(-c3ccc(F)c(-c4cc(F)ccc4C#N)c3)cnc2c1F. The third-order valence-corrected chi connectivity index (χ3v) is 4.93. The number of hydrogen-bond donors (Lipinski definition) is 1. The molecule has 0 fully saturated rings. The highest BCUT2D eigenvalue weighted by Gasteiger charge is 2.24. The van der Waals surface area contributed by atoms with Crippen LogP contribution in [-0.4, -0.2) is 14.5 Å². The first kappa shape index (κ1) is 19.7. The number of aliphatic hydroxyl groups is 1. The molecule has 2 aromatic heterocycles. The van der Waals surface area contributed by atoms with Crippen molar-refractivity contribution >= 4 is 5.65 Å². The van der Waals surface area contributed by atoms with Crippen molar-refractivity contribution in [1.29, 1.82) is 5.26 Å². The van der Waals surface area contributed by atoms with Crippen molar-refractivity contribution in [2.45, 2.75) is 19.4 Å². The average Bonchev–Trinajstić information content (AvgIpc) is 3.13. The summed E-state index contributed by atoms with van der Waals surface area (Å²) in [7, 11) is 0. The zero-order chi connectivity index (χ0) is 21.6. The minimum absolute atomic E-state index is 0.0129. The maximum absolute atomic E-state index is 14.9. The van der Waals surface area contributed by atoms with Crippen LogP contribution < -0.4 is 0 Å². The van der Waals surface area contributed by atoms with Crippen molar-refractivity contribution in [2.75, 3.05) is 0 Å². The first-order valence-corrected chi connectivity index (χ1v) is 9.09. The van der Waals surface area contributed by atoms with E-state index < -0.39 is 23.1 Å². The predicted octanol–water partition coefficient (Wildman–Crippen LogP) is 5.18. The van der Waals surface area contributed by atoms with Gasteiger partial charge in [0.15, 0.2) is 11.5 Å². The van der Waals surface area contributed by atoms with E-state index in [2.05, 4.69) is 4.98 Å². The van der Waals surface area contributed by atoms with E-state index in [1.807, 2.05) is 6.07 Å². The Balaban J connectivity index is 1.91. The molecule has 0 saturated carbocycles. The van der Waals surface area contributed by atoms with Crippen LogP contribution in [0.2, 0.25) is 0 Å². The maximum Gasteiger partial charge on any atom is 0.174 e. The fraction of sp³-hybridized carbons (Fsp3) is 0.130. The van der Waals surface area contributed by atoms with E-state index in [0.29, 0.717) is 11.3 Å². The molecule has 0 spiro atoms. The summed E-state index contributed by atoms with van der Waals surface area (Å²) in [5.41, 5.74) is 0.0142. The van der Waals surface area contributed by atoms with E-state index in [1.165, 1.54) is 54.8 Å². The van der Waals surface area contributed by atoms with Gasteiger partial charge in [0.25, 0.3) is 0 Å². The Bertz CT molecular complexity index is 1330. The normalized spacial score (nSPS) is 11.6. The number of benzene rings is 2. The molecule has 30 heavy (non-hydrogen) atoms. The van der Waals surface area contributed by atoms with Crippen LogP contribution in [0.5, 0.6) is 0 Å². The van der Waals surface area contributed by atoms with E-state index in [9.17, 15) is 23.5 Å². The zero-order valence-electron chi connectivity index (χ0n) is 16.1. The molecule has 0 aliphatic rings. The lowest BCUT2D eigenvalue weighted by atomic mass is 9.97. The van der Waals surface area contributed by atoms with Crippen molar-refractivity contribution < 1.29 is 18.3 Å². The number of pyridine rings is 1. The van der Waals surface area contributed by atoms with Gasteiger partial charge in [0.2, 0.25) is 0 Å². The quantitative estimate of drug-likeness (QED) is 0.509. The molecule has 4 rings (SSSR count). The standard InChI is InChI=1S/C23H16F3N3O/c1-23(2,30)18-7-8-29-20(12-28-22(29)21(18)26)13-4-6-19(25)17(9-13)16-10-15(24)5-3-14(16)11-27/h3-10,12,30H,1-2H3. The Morgan fingerprint density at radius 2 is 1.80 bits per heavy atom. The predicted molar refractivity (Wildman–Crippen MR) is 106 cm³/mol. The maximum atomic E-state index is 14.9. The number of rotatable bonds is 3. The van der Waals surface area contributed by atoms with Gasteiger partial charge in [0.05, 0.1) is 29.1 Å². The van der Waals surface area contributed by atoms with Gasteiger partial charge in [0.1, 0.15) is 11.6 Å². The van der Waals surface area contributed by atoms with Crippen LogP contribution in [-0.2, 0) is 5.60 Å². The summed E-state index contributed by atoms with van der Waals surface area (Å²) in [5.74, 6) is -1.87. The molecule has 4 nitrogen and oxygen atoms in total. The third kappa shape index (κ3) is 3.21. The molecule has 0 amide bonds. The highest BCUT2D eigenvalue weighted by molar-refractivity contribution is 5.76. The van der Waals surface area contributed by atoms with Gasteiger partial charge in [0, 0.05) is 28.5 Å². The molecular formula is C23H16F3N3O. The molecule has 0 aliphatic heterocycles. The molecule has 0 saturated heterocycles. The minimum atomic E-state index is -1.38. The lowest BCUT2D eigenvalue weighted by molar-refractivity contribution is 0.0746. The van der Waals surface area contributed by atoms with Crippen molar-refractivity contribution in [3.63, 3.8) is 0 Å². The van der Waals surface area contributed by atoms with E-state index in [-0.39, 0.29) is 27.9 Å². The molecule has 2 aromatic carbocycles. The molecule has 0 unspecified atom stereocenters. The van der Waals surface area contributed by atoms with Gasteiger partial charge in [-0.05, 0) is 56.3 Å². The number of hydrogen-bond acceptors (Lipinski definition) is 3.